The van der Waals surface area contributed by atoms with Crippen LogP contribution in [0.5, 0.6) is 0 Å². The Balaban J connectivity index is 2.55. The highest BCUT2D eigenvalue weighted by Gasteiger charge is 2.13. The summed E-state index contributed by atoms with van der Waals surface area (Å²) in [4.78, 5) is 13.9. The summed E-state index contributed by atoms with van der Waals surface area (Å²) in [5.41, 5.74) is 6.32. The highest BCUT2D eigenvalue weighted by atomic mass is 19.1. The molecule has 0 radical (unpaired) electrons. The zero-order valence-corrected chi connectivity index (χ0v) is 11.7. The minimum Gasteiger partial charge on any atom is -0.397 e. The molecule has 1 rings (SSSR count). The number of carbonyl (C=O) groups excluding carboxylic acids is 1. The molecule has 3 N–H and O–H groups in total. The smallest absolute Gasteiger partial charge is 0.238 e. The van der Waals surface area contributed by atoms with Gasteiger partial charge in [-0.25, -0.2) is 4.39 Å². The predicted molar refractivity (Wildman–Crippen MR) is 76.4 cm³/mol. The van der Waals surface area contributed by atoms with Crippen molar-refractivity contribution >= 4 is 17.3 Å². The Kier molecular flexibility index (Phi) is 5.76. The summed E-state index contributed by atoms with van der Waals surface area (Å²) in [5.74, 6) is -0.562. The molecule has 19 heavy (non-hydrogen) atoms. The van der Waals surface area contributed by atoms with Gasteiger partial charge in [0.15, 0.2) is 0 Å². The van der Waals surface area contributed by atoms with E-state index in [1.807, 2.05) is 11.9 Å². The van der Waals surface area contributed by atoms with E-state index in [9.17, 15) is 9.18 Å². The first kappa shape index (κ1) is 15.4. The summed E-state index contributed by atoms with van der Waals surface area (Å²) in [5, 5.41) is 2.69. The van der Waals surface area contributed by atoms with Gasteiger partial charge < -0.3 is 11.1 Å². The van der Waals surface area contributed by atoms with Crippen molar-refractivity contribution in [2.45, 2.75) is 32.7 Å². The van der Waals surface area contributed by atoms with Gasteiger partial charge in [-0.05, 0) is 38.6 Å². The standard InChI is InChI=1S/C14H22FN3O/c1-4-5-10(2)18(3)9-14(19)17-13-7-6-11(15)8-12(13)16/h6-8,10H,4-5,9,16H2,1-3H3,(H,17,19). The largest absolute Gasteiger partial charge is 0.397 e. The van der Waals surface area contributed by atoms with Gasteiger partial charge in [-0.3, -0.25) is 9.69 Å². The van der Waals surface area contributed by atoms with E-state index in [1.165, 1.54) is 18.2 Å². The number of nitrogen functional groups attached to an aromatic ring is 1. The molecule has 4 nitrogen and oxygen atoms in total. The summed E-state index contributed by atoms with van der Waals surface area (Å²) < 4.78 is 12.9. The van der Waals surface area contributed by atoms with Crippen molar-refractivity contribution in [2.75, 3.05) is 24.6 Å². The number of amides is 1. The molecule has 1 aromatic rings. The molecule has 0 saturated carbocycles. The third kappa shape index (κ3) is 4.87. The van der Waals surface area contributed by atoms with Crippen molar-refractivity contribution in [2.24, 2.45) is 0 Å². The minimum atomic E-state index is -0.413. The van der Waals surface area contributed by atoms with Crippen LogP contribution in [0.15, 0.2) is 18.2 Å². The van der Waals surface area contributed by atoms with Gasteiger partial charge in [0.1, 0.15) is 5.82 Å². The second-order valence-electron chi connectivity index (χ2n) is 4.83. The number of nitrogens with zero attached hydrogens (tertiary/aromatic N) is 1. The van der Waals surface area contributed by atoms with Crippen molar-refractivity contribution < 1.29 is 9.18 Å². The number of benzene rings is 1. The Morgan fingerprint density at radius 2 is 2.21 bits per heavy atom. The number of rotatable bonds is 6. The number of nitrogens with one attached hydrogen (secondary N) is 1. The van der Waals surface area contributed by atoms with Crippen LogP contribution < -0.4 is 11.1 Å². The van der Waals surface area contributed by atoms with Crippen LogP contribution in [-0.4, -0.2) is 30.4 Å². The maximum Gasteiger partial charge on any atom is 0.238 e. The number of hydrogen-bond acceptors (Lipinski definition) is 3. The summed E-state index contributed by atoms with van der Waals surface area (Å²) in [6.07, 6.45) is 2.13. The monoisotopic (exact) mass is 267 g/mol. The third-order valence-corrected chi connectivity index (χ3v) is 3.14. The fourth-order valence-electron chi connectivity index (χ4n) is 1.86. The lowest BCUT2D eigenvalue weighted by Crippen LogP contribution is -2.36. The molecule has 0 aromatic heterocycles. The van der Waals surface area contributed by atoms with Crippen LogP contribution in [0, 0.1) is 5.82 Å². The van der Waals surface area contributed by atoms with E-state index in [-0.39, 0.29) is 18.1 Å². The van der Waals surface area contributed by atoms with E-state index in [2.05, 4.69) is 19.2 Å². The van der Waals surface area contributed by atoms with Crippen LogP contribution in [0.3, 0.4) is 0 Å². The first-order valence-electron chi connectivity index (χ1n) is 6.49. The SMILES string of the molecule is CCCC(C)N(C)CC(=O)Nc1ccc(F)cc1N. The van der Waals surface area contributed by atoms with E-state index in [1.54, 1.807) is 0 Å². The van der Waals surface area contributed by atoms with Crippen LogP contribution >= 0.6 is 0 Å². The molecule has 0 aliphatic carbocycles. The second kappa shape index (κ2) is 7.09. The Morgan fingerprint density at radius 3 is 2.79 bits per heavy atom. The van der Waals surface area contributed by atoms with Gasteiger partial charge in [0, 0.05) is 6.04 Å². The maximum absolute atomic E-state index is 12.9. The van der Waals surface area contributed by atoms with E-state index in [0.717, 1.165) is 12.8 Å². The average molecular weight is 267 g/mol. The highest BCUT2D eigenvalue weighted by molar-refractivity contribution is 5.95. The zero-order valence-electron chi connectivity index (χ0n) is 11.7. The lowest BCUT2D eigenvalue weighted by atomic mass is 10.2. The van der Waals surface area contributed by atoms with E-state index >= 15 is 0 Å². The van der Waals surface area contributed by atoms with Crippen LogP contribution in [0.1, 0.15) is 26.7 Å². The Morgan fingerprint density at radius 1 is 1.53 bits per heavy atom. The third-order valence-electron chi connectivity index (χ3n) is 3.14. The Hall–Kier alpha value is -1.62. The second-order valence-corrected chi connectivity index (χ2v) is 4.83. The molecule has 0 spiro atoms. The number of carbonyl (C=O) groups is 1. The van der Waals surface area contributed by atoms with Crippen molar-refractivity contribution in [1.82, 2.24) is 4.90 Å². The minimum absolute atomic E-state index is 0.149. The van der Waals surface area contributed by atoms with Crippen LogP contribution in [0.25, 0.3) is 0 Å². The lowest BCUT2D eigenvalue weighted by Gasteiger charge is -2.23. The zero-order chi connectivity index (χ0) is 14.4. The molecule has 106 valence electrons. The number of hydrogen-bond donors (Lipinski definition) is 2. The number of nitrogens with two attached hydrogens (primary N) is 1. The molecule has 0 aliphatic rings. The fourth-order valence-corrected chi connectivity index (χ4v) is 1.86. The maximum atomic E-state index is 12.9. The fraction of sp³-hybridized carbons (Fsp3) is 0.500. The quantitative estimate of drug-likeness (QED) is 0.778. The van der Waals surface area contributed by atoms with Crippen molar-refractivity contribution in [3.63, 3.8) is 0 Å². The van der Waals surface area contributed by atoms with Crippen molar-refractivity contribution in [3.8, 4) is 0 Å². The first-order chi connectivity index (χ1) is 8.93. The summed E-state index contributed by atoms with van der Waals surface area (Å²) in [6, 6.07) is 4.29. The molecule has 0 bridgehead atoms. The molecule has 1 aromatic carbocycles. The van der Waals surface area contributed by atoms with Crippen molar-refractivity contribution in [1.29, 1.82) is 0 Å². The van der Waals surface area contributed by atoms with Gasteiger partial charge in [-0.15, -0.1) is 0 Å². The number of halogens is 1. The van der Waals surface area contributed by atoms with Gasteiger partial charge in [0.05, 0.1) is 17.9 Å². The molecule has 1 atom stereocenters. The molecule has 0 heterocycles. The van der Waals surface area contributed by atoms with Crippen LogP contribution in [0.4, 0.5) is 15.8 Å². The van der Waals surface area contributed by atoms with Gasteiger partial charge in [-0.1, -0.05) is 13.3 Å². The molecule has 0 fully saturated rings. The predicted octanol–water partition coefficient (Wildman–Crippen LogP) is 2.47. The topological polar surface area (TPSA) is 58.4 Å². The first-order valence-corrected chi connectivity index (χ1v) is 6.49. The molecule has 0 saturated heterocycles. The molecular formula is C14H22FN3O. The van der Waals surface area contributed by atoms with Crippen molar-refractivity contribution in [3.05, 3.63) is 24.0 Å². The average Bonchev–Trinajstić information content (AvgIpc) is 2.33. The van der Waals surface area contributed by atoms with Crippen LogP contribution in [-0.2, 0) is 4.79 Å². The number of anilines is 2. The van der Waals surface area contributed by atoms with E-state index in [0.29, 0.717) is 11.7 Å². The van der Waals surface area contributed by atoms with Gasteiger partial charge >= 0.3 is 0 Å². The normalized spacial score (nSPS) is 12.5. The van der Waals surface area contributed by atoms with E-state index < -0.39 is 5.82 Å². The van der Waals surface area contributed by atoms with E-state index in [4.69, 9.17) is 5.73 Å². The molecular weight excluding hydrogens is 245 g/mol. The van der Waals surface area contributed by atoms with Gasteiger partial charge in [0.25, 0.3) is 0 Å². The molecule has 1 amide bonds. The van der Waals surface area contributed by atoms with Gasteiger partial charge in [-0.2, -0.15) is 0 Å². The lowest BCUT2D eigenvalue weighted by molar-refractivity contribution is -0.117. The molecule has 0 aliphatic heterocycles. The van der Waals surface area contributed by atoms with Crippen LogP contribution in [0.2, 0.25) is 0 Å². The highest BCUT2D eigenvalue weighted by Crippen LogP contribution is 2.19. The molecule has 1 unspecified atom stereocenters. The van der Waals surface area contributed by atoms with Gasteiger partial charge in [0.2, 0.25) is 5.91 Å². The molecule has 5 heteroatoms. The summed E-state index contributed by atoms with van der Waals surface area (Å²) in [6.45, 7) is 4.49. The summed E-state index contributed by atoms with van der Waals surface area (Å²) >= 11 is 0. The Labute approximate surface area is 113 Å². The number of likely N-dealkylation sites (N-methyl/N-ethyl adjacent to an activating group) is 1. The summed E-state index contributed by atoms with van der Waals surface area (Å²) in [7, 11) is 1.91. The Bertz CT molecular complexity index is 437.